The topological polar surface area (TPSA) is 71.7 Å². The summed E-state index contributed by atoms with van der Waals surface area (Å²) in [6, 6.07) is 13.3. The van der Waals surface area contributed by atoms with Crippen LogP contribution in [-0.2, 0) is 4.79 Å². The lowest BCUT2D eigenvalue weighted by molar-refractivity contribution is -0.132. The number of carboxylic acid groups (broad SMARTS) is 1. The van der Waals surface area contributed by atoms with Gasteiger partial charge >= 0.3 is 5.97 Å². The van der Waals surface area contributed by atoms with Gasteiger partial charge in [0.1, 0.15) is 11.2 Å². The van der Waals surface area contributed by atoms with Crippen LogP contribution in [0.3, 0.4) is 0 Å². The van der Waals surface area contributed by atoms with Crippen LogP contribution >= 0.6 is 0 Å². The van der Waals surface area contributed by atoms with Gasteiger partial charge in [-0.1, -0.05) is 32.0 Å². The van der Waals surface area contributed by atoms with Crippen molar-refractivity contribution in [2.24, 2.45) is 5.92 Å². The molecule has 2 aromatic carbocycles. The van der Waals surface area contributed by atoms with Crippen molar-refractivity contribution in [3.05, 3.63) is 54.2 Å². The summed E-state index contributed by atoms with van der Waals surface area (Å²) in [5.74, 6) is 0.0948. The largest absolute Gasteiger partial charge is 0.478 e. The van der Waals surface area contributed by atoms with Gasteiger partial charge in [0.2, 0.25) is 0 Å². The van der Waals surface area contributed by atoms with E-state index in [0.29, 0.717) is 23.7 Å². The van der Waals surface area contributed by atoms with Crippen molar-refractivity contribution in [1.82, 2.24) is 5.48 Å². The molecule has 0 aliphatic heterocycles. The van der Waals surface area contributed by atoms with E-state index in [9.17, 15) is 9.90 Å². The predicted molar refractivity (Wildman–Crippen MR) is 97.3 cm³/mol. The van der Waals surface area contributed by atoms with E-state index in [1.54, 1.807) is 6.07 Å². The molecule has 0 saturated heterocycles. The lowest BCUT2D eigenvalue weighted by Crippen LogP contribution is -2.14. The third kappa shape index (κ3) is 3.94. The van der Waals surface area contributed by atoms with E-state index < -0.39 is 5.97 Å². The first-order chi connectivity index (χ1) is 12.0. The monoisotopic (exact) mass is 339 g/mol. The third-order valence-corrected chi connectivity index (χ3v) is 4.02. The molecular weight excluding hydrogens is 318 g/mol. The number of fused-ring (bicyclic) bond motifs is 3. The molecule has 0 bridgehead atoms. The molecule has 0 radical (unpaired) electrons. The van der Waals surface area contributed by atoms with Crippen molar-refractivity contribution in [2.45, 2.75) is 26.7 Å². The highest BCUT2D eigenvalue weighted by molar-refractivity contribution is 6.05. The molecule has 1 heterocycles. The average molecular weight is 339 g/mol. The third-order valence-electron chi connectivity index (χ3n) is 4.02. The minimum Gasteiger partial charge on any atom is -0.478 e. The Bertz CT molecular complexity index is 924. The average Bonchev–Trinajstić information content (AvgIpc) is 2.95. The van der Waals surface area contributed by atoms with Gasteiger partial charge in [0.15, 0.2) is 5.75 Å². The van der Waals surface area contributed by atoms with E-state index in [-0.39, 0.29) is 0 Å². The molecule has 130 valence electrons. The Morgan fingerprint density at radius 2 is 1.96 bits per heavy atom. The number of benzene rings is 2. The van der Waals surface area contributed by atoms with E-state index in [4.69, 9.17) is 9.25 Å². The van der Waals surface area contributed by atoms with Gasteiger partial charge in [0.25, 0.3) is 0 Å². The smallest absolute Gasteiger partial charge is 0.333 e. The molecule has 2 N–H and O–H groups in total. The molecule has 5 nitrogen and oxygen atoms in total. The molecule has 0 spiro atoms. The Morgan fingerprint density at radius 3 is 2.72 bits per heavy atom. The van der Waals surface area contributed by atoms with E-state index in [2.05, 4.69) is 19.3 Å². The number of nitrogens with one attached hydrogen (secondary N) is 1. The number of aliphatic carboxylic acids is 1. The summed E-state index contributed by atoms with van der Waals surface area (Å²) in [5, 5.41) is 11.2. The van der Waals surface area contributed by atoms with Crippen molar-refractivity contribution in [2.75, 3.05) is 0 Å². The maximum absolute atomic E-state index is 11.3. The number of carbonyl (C=O) groups is 1. The van der Waals surface area contributed by atoms with Crippen LogP contribution in [0.4, 0.5) is 0 Å². The fourth-order valence-electron chi connectivity index (χ4n) is 2.62. The van der Waals surface area contributed by atoms with Gasteiger partial charge < -0.3 is 14.4 Å². The highest BCUT2D eigenvalue weighted by atomic mass is 16.6. The summed E-state index contributed by atoms with van der Waals surface area (Å²) in [6.45, 7) is 4.13. The number of para-hydroxylation sites is 1. The molecule has 1 aromatic heterocycles. The number of carboxylic acids is 1. The molecule has 5 heteroatoms. The number of hydroxylamine groups is 1. The number of hydrogen-bond acceptors (Lipinski definition) is 4. The zero-order valence-corrected chi connectivity index (χ0v) is 14.3. The quantitative estimate of drug-likeness (QED) is 0.474. The van der Waals surface area contributed by atoms with Gasteiger partial charge in [-0.15, -0.1) is 0 Å². The zero-order valence-electron chi connectivity index (χ0n) is 14.3. The highest BCUT2D eigenvalue weighted by Crippen LogP contribution is 2.31. The second kappa shape index (κ2) is 7.30. The minimum absolute atomic E-state index is 0.295. The summed E-state index contributed by atoms with van der Waals surface area (Å²) in [7, 11) is 0. The Morgan fingerprint density at radius 1 is 1.20 bits per heavy atom. The van der Waals surface area contributed by atoms with Gasteiger partial charge in [0, 0.05) is 17.0 Å². The summed E-state index contributed by atoms with van der Waals surface area (Å²) < 4.78 is 5.77. The molecule has 0 aliphatic carbocycles. The van der Waals surface area contributed by atoms with Crippen LogP contribution in [0.15, 0.2) is 58.7 Å². The van der Waals surface area contributed by atoms with Gasteiger partial charge in [0.05, 0.1) is 5.57 Å². The minimum atomic E-state index is -0.937. The van der Waals surface area contributed by atoms with E-state index >= 15 is 0 Å². The Labute approximate surface area is 145 Å². The summed E-state index contributed by atoms with van der Waals surface area (Å²) in [6.07, 6.45) is 2.71. The van der Waals surface area contributed by atoms with Crippen LogP contribution in [0, 0.1) is 5.92 Å². The molecule has 0 amide bonds. The fraction of sp³-hybridized carbons (Fsp3) is 0.250. The van der Waals surface area contributed by atoms with Crippen molar-refractivity contribution in [3.63, 3.8) is 0 Å². The number of furan rings is 1. The maximum Gasteiger partial charge on any atom is 0.333 e. The SMILES string of the molecule is CC(C)CCC(=CNOc1ccc2oc3ccccc3c2c1)C(=O)O. The molecule has 0 unspecified atom stereocenters. The molecule has 3 rings (SSSR count). The molecule has 0 saturated carbocycles. The number of rotatable bonds is 7. The first-order valence-electron chi connectivity index (χ1n) is 8.30. The summed E-state index contributed by atoms with van der Waals surface area (Å²) in [5.41, 5.74) is 4.54. The fourth-order valence-corrected chi connectivity index (χ4v) is 2.62. The summed E-state index contributed by atoms with van der Waals surface area (Å²) in [4.78, 5) is 16.8. The predicted octanol–water partition coefficient (Wildman–Crippen LogP) is 4.87. The molecule has 0 fully saturated rings. The first-order valence-corrected chi connectivity index (χ1v) is 8.30. The Kier molecular flexibility index (Phi) is 4.93. The van der Waals surface area contributed by atoms with Crippen molar-refractivity contribution < 1.29 is 19.2 Å². The van der Waals surface area contributed by atoms with Crippen LogP contribution in [0.25, 0.3) is 21.9 Å². The molecule has 3 aromatic rings. The van der Waals surface area contributed by atoms with Crippen molar-refractivity contribution in [3.8, 4) is 5.75 Å². The van der Waals surface area contributed by atoms with E-state index in [1.165, 1.54) is 6.20 Å². The van der Waals surface area contributed by atoms with Crippen LogP contribution in [-0.4, -0.2) is 11.1 Å². The normalized spacial score (nSPS) is 12.0. The number of hydrogen-bond donors (Lipinski definition) is 2. The lowest BCUT2D eigenvalue weighted by atomic mass is 10.0. The highest BCUT2D eigenvalue weighted by Gasteiger charge is 2.09. The van der Waals surface area contributed by atoms with Crippen LogP contribution in [0.2, 0.25) is 0 Å². The molecule has 25 heavy (non-hydrogen) atoms. The van der Waals surface area contributed by atoms with E-state index in [1.807, 2.05) is 36.4 Å². The van der Waals surface area contributed by atoms with E-state index in [0.717, 1.165) is 28.4 Å². The molecule has 0 aliphatic rings. The van der Waals surface area contributed by atoms with Crippen LogP contribution in [0.5, 0.6) is 5.75 Å². The zero-order chi connectivity index (χ0) is 17.8. The summed E-state index contributed by atoms with van der Waals surface area (Å²) >= 11 is 0. The van der Waals surface area contributed by atoms with Crippen LogP contribution < -0.4 is 10.3 Å². The molecular formula is C20H21NO4. The van der Waals surface area contributed by atoms with Gasteiger partial charge in [-0.25, -0.2) is 10.3 Å². The van der Waals surface area contributed by atoms with Gasteiger partial charge in [-0.2, -0.15) is 0 Å². The van der Waals surface area contributed by atoms with Crippen molar-refractivity contribution in [1.29, 1.82) is 0 Å². The van der Waals surface area contributed by atoms with Gasteiger partial charge in [-0.3, -0.25) is 0 Å². The molecule has 0 atom stereocenters. The Hall–Kier alpha value is -2.95. The van der Waals surface area contributed by atoms with Crippen molar-refractivity contribution >= 4 is 27.9 Å². The first kappa shape index (κ1) is 16.9. The van der Waals surface area contributed by atoms with Gasteiger partial charge in [-0.05, 0) is 43.0 Å². The second-order valence-electron chi connectivity index (χ2n) is 6.38. The Balaban J connectivity index is 1.75. The maximum atomic E-state index is 11.3. The standard InChI is InChI=1S/C20H21NO4/c1-13(2)7-8-14(20(22)23)12-21-25-15-9-10-19-17(11-15)16-5-3-4-6-18(16)24-19/h3-6,9-13,21H,7-8H2,1-2H3,(H,22,23). The second-order valence-corrected chi connectivity index (χ2v) is 6.38. The lowest BCUT2D eigenvalue weighted by Gasteiger charge is -2.08. The van der Waals surface area contributed by atoms with Crippen LogP contribution in [0.1, 0.15) is 26.7 Å².